The van der Waals surface area contributed by atoms with Gasteiger partial charge >= 0.3 is 0 Å². The minimum atomic E-state index is -0.524. The molecule has 0 unspecified atom stereocenters. The lowest BCUT2D eigenvalue weighted by molar-refractivity contribution is -0.115. The van der Waals surface area contributed by atoms with Gasteiger partial charge in [-0.05, 0) is 63.6 Å². The number of rotatable bonds is 9. The predicted molar refractivity (Wildman–Crippen MR) is 147 cm³/mol. The number of anilines is 1. The van der Waals surface area contributed by atoms with E-state index in [1.54, 1.807) is 67.6 Å². The summed E-state index contributed by atoms with van der Waals surface area (Å²) in [6, 6.07) is 9.92. The van der Waals surface area contributed by atoms with E-state index in [1.165, 1.54) is 6.07 Å². The number of halogens is 1. The molecule has 0 atom stereocenters. The van der Waals surface area contributed by atoms with Crippen molar-refractivity contribution in [3.63, 3.8) is 0 Å². The average molecular weight is 534 g/mol. The van der Waals surface area contributed by atoms with Crippen LogP contribution >= 0.6 is 0 Å². The standard InChI is InChI=1S/C29H32FN5O4/c1-18-24(9-7-19(27(18)30)15-26(36)34-21-16-33-35(17-21)29(2,3)4)39-25-10-11-31-23-8-6-20(14-22(23)25)28(37)32-12-13-38-5/h6-11,14,16-17H,12-13,15H2,1-5H3,(H,32,37)(H,34,36). The van der Waals surface area contributed by atoms with Gasteiger partial charge in [-0.25, -0.2) is 4.39 Å². The SMILES string of the molecule is COCCNC(=O)c1ccc2nccc(Oc3ccc(CC(=O)Nc4cnn(C(C)(C)C)c4)c(F)c3C)c2c1. The quantitative estimate of drug-likeness (QED) is 0.294. The van der Waals surface area contributed by atoms with E-state index in [0.717, 1.165) is 0 Å². The lowest BCUT2D eigenvalue weighted by Gasteiger charge is -2.18. The van der Waals surface area contributed by atoms with Gasteiger partial charge in [-0.2, -0.15) is 5.10 Å². The zero-order chi connectivity index (χ0) is 28.2. The maximum Gasteiger partial charge on any atom is 0.251 e. The third-order valence-corrected chi connectivity index (χ3v) is 6.10. The Hall–Kier alpha value is -4.31. The molecule has 2 amide bonds. The van der Waals surface area contributed by atoms with Crippen molar-refractivity contribution >= 4 is 28.4 Å². The highest BCUT2D eigenvalue weighted by Crippen LogP contribution is 2.33. The zero-order valence-corrected chi connectivity index (χ0v) is 22.7. The smallest absolute Gasteiger partial charge is 0.251 e. The number of benzene rings is 2. The van der Waals surface area contributed by atoms with Crippen LogP contribution in [0.4, 0.5) is 10.1 Å². The van der Waals surface area contributed by atoms with Crippen LogP contribution in [-0.2, 0) is 21.5 Å². The van der Waals surface area contributed by atoms with Crippen molar-refractivity contribution < 1.29 is 23.5 Å². The van der Waals surface area contributed by atoms with Gasteiger partial charge in [-0.15, -0.1) is 0 Å². The summed E-state index contributed by atoms with van der Waals surface area (Å²) in [5.74, 6) is -0.406. The van der Waals surface area contributed by atoms with E-state index in [9.17, 15) is 9.59 Å². The fraction of sp³-hybridized carbons (Fsp3) is 0.310. The van der Waals surface area contributed by atoms with Crippen LogP contribution in [0.2, 0.25) is 0 Å². The van der Waals surface area contributed by atoms with Crippen molar-refractivity contribution in [2.45, 2.75) is 39.7 Å². The summed E-state index contributed by atoms with van der Waals surface area (Å²) in [5.41, 5.74) is 1.90. The summed E-state index contributed by atoms with van der Waals surface area (Å²) >= 11 is 0. The molecule has 204 valence electrons. The first-order valence-electron chi connectivity index (χ1n) is 12.5. The topological polar surface area (TPSA) is 107 Å². The predicted octanol–water partition coefficient (Wildman–Crippen LogP) is 4.98. The van der Waals surface area contributed by atoms with Crippen molar-refractivity contribution in [1.29, 1.82) is 0 Å². The summed E-state index contributed by atoms with van der Waals surface area (Å²) in [6.45, 7) is 8.39. The zero-order valence-electron chi connectivity index (χ0n) is 22.7. The molecule has 2 heterocycles. The van der Waals surface area contributed by atoms with E-state index in [2.05, 4.69) is 20.7 Å². The number of pyridine rings is 1. The molecule has 0 spiro atoms. The molecule has 4 rings (SSSR count). The van der Waals surface area contributed by atoms with Crippen molar-refractivity contribution in [2.24, 2.45) is 0 Å². The van der Waals surface area contributed by atoms with Crippen LogP contribution in [0.5, 0.6) is 11.5 Å². The summed E-state index contributed by atoms with van der Waals surface area (Å²) in [5, 5.41) is 10.4. The van der Waals surface area contributed by atoms with Gasteiger partial charge in [-0.3, -0.25) is 19.3 Å². The monoisotopic (exact) mass is 533 g/mol. The minimum Gasteiger partial charge on any atom is -0.456 e. The fourth-order valence-corrected chi connectivity index (χ4v) is 3.94. The molecule has 2 N–H and O–H groups in total. The molecule has 0 saturated heterocycles. The highest BCUT2D eigenvalue weighted by molar-refractivity contribution is 5.99. The van der Waals surface area contributed by atoms with Crippen molar-refractivity contribution in [2.75, 3.05) is 25.6 Å². The molecule has 0 aliphatic rings. The van der Waals surface area contributed by atoms with Gasteiger partial charge in [0.1, 0.15) is 17.3 Å². The molecule has 9 nitrogen and oxygen atoms in total. The van der Waals surface area contributed by atoms with Crippen LogP contribution in [0.3, 0.4) is 0 Å². The molecule has 10 heteroatoms. The first-order valence-corrected chi connectivity index (χ1v) is 12.5. The highest BCUT2D eigenvalue weighted by atomic mass is 19.1. The Morgan fingerprint density at radius 1 is 1.10 bits per heavy atom. The minimum absolute atomic E-state index is 0.145. The molecule has 0 fully saturated rings. The van der Waals surface area contributed by atoms with E-state index in [1.807, 2.05) is 20.8 Å². The molecule has 0 aliphatic heterocycles. The molecule has 4 aromatic rings. The first-order chi connectivity index (χ1) is 18.6. The Morgan fingerprint density at radius 3 is 2.62 bits per heavy atom. The molecule has 0 radical (unpaired) electrons. The van der Waals surface area contributed by atoms with Crippen LogP contribution in [0.25, 0.3) is 10.9 Å². The molecule has 2 aromatic heterocycles. The second kappa shape index (κ2) is 11.6. The van der Waals surface area contributed by atoms with Gasteiger partial charge in [0.05, 0.1) is 36.0 Å². The third kappa shape index (κ3) is 6.58. The van der Waals surface area contributed by atoms with Crippen molar-refractivity contribution in [3.8, 4) is 11.5 Å². The van der Waals surface area contributed by atoms with Crippen molar-refractivity contribution in [3.05, 3.63) is 77.5 Å². The number of hydrogen-bond acceptors (Lipinski definition) is 6. The van der Waals surface area contributed by atoms with Crippen LogP contribution in [0, 0.1) is 12.7 Å². The summed E-state index contributed by atoms with van der Waals surface area (Å²) in [7, 11) is 1.56. The Labute approximate surface area is 226 Å². The molecule has 0 bridgehead atoms. The lowest BCUT2D eigenvalue weighted by atomic mass is 10.1. The number of amides is 2. The summed E-state index contributed by atoms with van der Waals surface area (Å²) < 4.78 is 28.1. The number of hydrogen-bond donors (Lipinski definition) is 2. The summed E-state index contributed by atoms with van der Waals surface area (Å²) in [6.07, 6.45) is 4.75. The maximum absolute atomic E-state index is 15.3. The number of carbonyl (C=O) groups is 2. The third-order valence-electron chi connectivity index (χ3n) is 6.10. The number of nitrogens with one attached hydrogen (secondary N) is 2. The van der Waals surface area contributed by atoms with Crippen LogP contribution in [0.1, 0.15) is 42.3 Å². The molecule has 2 aromatic carbocycles. The van der Waals surface area contributed by atoms with E-state index in [4.69, 9.17) is 9.47 Å². The number of ether oxygens (including phenoxy) is 2. The number of fused-ring (bicyclic) bond motifs is 1. The van der Waals surface area contributed by atoms with E-state index < -0.39 is 5.82 Å². The van der Waals surface area contributed by atoms with E-state index in [-0.39, 0.29) is 34.9 Å². The van der Waals surface area contributed by atoms with Gasteiger partial charge in [0.25, 0.3) is 5.91 Å². The van der Waals surface area contributed by atoms with Crippen LogP contribution in [0.15, 0.2) is 55.0 Å². The lowest BCUT2D eigenvalue weighted by Crippen LogP contribution is -2.26. The average Bonchev–Trinajstić information content (AvgIpc) is 3.37. The molecular formula is C29H32FN5O4. The Balaban J connectivity index is 1.51. The number of carbonyl (C=O) groups excluding carboxylic acids is 2. The molecule has 0 saturated carbocycles. The van der Waals surface area contributed by atoms with Crippen molar-refractivity contribution in [1.82, 2.24) is 20.1 Å². The second-order valence-corrected chi connectivity index (χ2v) is 10.1. The Morgan fingerprint density at radius 2 is 1.90 bits per heavy atom. The van der Waals surface area contributed by atoms with Gasteiger partial charge in [-0.1, -0.05) is 6.07 Å². The van der Waals surface area contributed by atoms with Crippen LogP contribution in [-0.4, -0.2) is 46.8 Å². The Kier molecular flexibility index (Phi) is 8.25. The fourth-order valence-electron chi connectivity index (χ4n) is 3.94. The molecular weight excluding hydrogens is 501 g/mol. The number of nitrogens with zero attached hydrogens (tertiary/aromatic N) is 3. The second-order valence-electron chi connectivity index (χ2n) is 10.1. The largest absolute Gasteiger partial charge is 0.456 e. The van der Waals surface area contributed by atoms with Gasteiger partial charge in [0, 0.05) is 42.6 Å². The Bertz CT molecular complexity index is 1510. The summed E-state index contributed by atoms with van der Waals surface area (Å²) in [4.78, 5) is 29.4. The highest BCUT2D eigenvalue weighted by Gasteiger charge is 2.18. The van der Waals surface area contributed by atoms with E-state index >= 15 is 4.39 Å². The normalized spacial score (nSPS) is 11.4. The number of methoxy groups -OCH3 is 1. The van der Waals surface area contributed by atoms with Crippen LogP contribution < -0.4 is 15.4 Å². The maximum atomic E-state index is 15.3. The molecule has 0 aliphatic carbocycles. The van der Waals surface area contributed by atoms with Gasteiger partial charge < -0.3 is 20.1 Å². The molecule has 39 heavy (non-hydrogen) atoms. The van der Waals surface area contributed by atoms with E-state index in [0.29, 0.717) is 46.8 Å². The number of aromatic nitrogens is 3. The van der Waals surface area contributed by atoms with Gasteiger partial charge in [0.15, 0.2) is 0 Å². The first kappa shape index (κ1) is 27.7. The van der Waals surface area contributed by atoms with Gasteiger partial charge in [0.2, 0.25) is 5.91 Å².